The van der Waals surface area contributed by atoms with Gasteiger partial charge in [-0.3, -0.25) is 0 Å². The van der Waals surface area contributed by atoms with Crippen molar-refractivity contribution in [2.75, 3.05) is 0 Å². The summed E-state index contributed by atoms with van der Waals surface area (Å²) >= 11 is 5.79. The van der Waals surface area contributed by atoms with Crippen molar-refractivity contribution in [2.45, 2.75) is 25.9 Å². The van der Waals surface area contributed by atoms with Crippen LogP contribution in [0.5, 0.6) is 0 Å². The van der Waals surface area contributed by atoms with E-state index in [-0.39, 0.29) is 0 Å². The van der Waals surface area contributed by atoms with Crippen LogP contribution in [0.3, 0.4) is 0 Å². The van der Waals surface area contributed by atoms with E-state index in [9.17, 15) is 5.11 Å². The number of halogens is 1. The maximum Gasteiger partial charge on any atom is 0.229 e. The standard InChI is InChI=1S/C12H13ClN2O2/c1-2-10(16)7-11-14-12(15-17-11)8-3-5-9(13)6-4-8/h3-6,10,16H,2,7H2,1H3. The normalized spacial score (nSPS) is 12.6. The van der Waals surface area contributed by atoms with E-state index >= 15 is 0 Å². The number of aromatic nitrogens is 2. The molecule has 0 radical (unpaired) electrons. The summed E-state index contributed by atoms with van der Waals surface area (Å²) in [6, 6.07) is 7.20. The van der Waals surface area contributed by atoms with Gasteiger partial charge in [-0.1, -0.05) is 23.7 Å². The molecule has 90 valence electrons. The van der Waals surface area contributed by atoms with Crippen LogP contribution in [-0.4, -0.2) is 21.4 Å². The number of hydrogen-bond acceptors (Lipinski definition) is 4. The predicted octanol–water partition coefficient (Wildman–Crippen LogP) is 2.70. The SMILES string of the molecule is CCC(O)Cc1nc(-c2ccc(Cl)cc2)no1. The second-order valence-corrected chi connectivity index (χ2v) is 4.22. The summed E-state index contributed by atoms with van der Waals surface area (Å²) < 4.78 is 5.07. The Morgan fingerprint density at radius 1 is 1.35 bits per heavy atom. The minimum absolute atomic E-state index is 0.386. The van der Waals surface area contributed by atoms with E-state index in [1.54, 1.807) is 12.1 Å². The van der Waals surface area contributed by atoms with Crippen molar-refractivity contribution >= 4 is 11.6 Å². The van der Waals surface area contributed by atoms with Crippen LogP contribution in [0.2, 0.25) is 5.02 Å². The minimum Gasteiger partial charge on any atom is -0.393 e. The number of rotatable bonds is 4. The van der Waals surface area contributed by atoms with Crippen LogP contribution in [-0.2, 0) is 6.42 Å². The van der Waals surface area contributed by atoms with Crippen LogP contribution < -0.4 is 0 Å². The summed E-state index contributed by atoms with van der Waals surface area (Å²) in [6.45, 7) is 1.90. The van der Waals surface area contributed by atoms with Crippen LogP contribution in [0.1, 0.15) is 19.2 Å². The summed E-state index contributed by atoms with van der Waals surface area (Å²) in [4.78, 5) is 4.22. The topological polar surface area (TPSA) is 59.2 Å². The van der Waals surface area contributed by atoms with Gasteiger partial charge in [0.25, 0.3) is 0 Å². The molecule has 0 aliphatic carbocycles. The highest BCUT2D eigenvalue weighted by molar-refractivity contribution is 6.30. The number of aliphatic hydroxyl groups is 1. The maximum absolute atomic E-state index is 9.48. The van der Waals surface area contributed by atoms with E-state index < -0.39 is 6.10 Å². The average Bonchev–Trinajstić information content (AvgIpc) is 2.78. The summed E-state index contributed by atoms with van der Waals surface area (Å²) in [6.07, 6.45) is 0.615. The molecule has 5 heteroatoms. The van der Waals surface area contributed by atoms with Gasteiger partial charge in [0.05, 0.1) is 12.5 Å². The van der Waals surface area contributed by atoms with Gasteiger partial charge >= 0.3 is 0 Å². The molecule has 0 spiro atoms. The van der Waals surface area contributed by atoms with Crippen LogP contribution in [0.4, 0.5) is 0 Å². The quantitative estimate of drug-likeness (QED) is 0.909. The molecule has 0 aliphatic heterocycles. The smallest absolute Gasteiger partial charge is 0.229 e. The summed E-state index contributed by atoms with van der Waals surface area (Å²) in [5, 5.41) is 14.0. The fraction of sp³-hybridized carbons (Fsp3) is 0.333. The van der Waals surface area contributed by atoms with E-state index in [4.69, 9.17) is 16.1 Å². The molecule has 0 aliphatic rings. The third-order valence-electron chi connectivity index (χ3n) is 2.45. The third kappa shape index (κ3) is 3.05. The first-order chi connectivity index (χ1) is 8.19. The lowest BCUT2D eigenvalue weighted by molar-refractivity contribution is 0.158. The van der Waals surface area contributed by atoms with Crippen LogP contribution in [0.25, 0.3) is 11.4 Å². The Labute approximate surface area is 104 Å². The molecular formula is C12H13ClN2O2. The molecule has 1 heterocycles. The first kappa shape index (κ1) is 12.1. The molecule has 0 bridgehead atoms. The first-order valence-corrected chi connectivity index (χ1v) is 5.83. The number of aliphatic hydroxyl groups excluding tert-OH is 1. The molecule has 2 rings (SSSR count). The van der Waals surface area contributed by atoms with Crippen molar-refractivity contribution in [3.05, 3.63) is 35.2 Å². The molecule has 1 unspecified atom stereocenters. The molecular weight excluding hydrogens is 240 g/mol. The van der Waals surface area contributed by atoms with Crippen LogP contribution in [0, 0.1) is 0 Å². The molecule has 1 N–H and O–H groups in total. The molecule has 17 heavy (non-hydrogen) atoms. The zero-order chi connectivity index (χ0) is 12.3. The van der Waals surface area contributed by atoms with Gasteiger partial charge in [-0.15, -0.1) is 0 Å². The Kier molecular flexibility index (Phi) is 3.76. The fourth-order valence-electron chi connectivity index (χ4n) is 1.40. The van der Waals surface area contributed by atoms with Gasteiger partial charge < -0.3 is 9.63 Å². The van der Waals surface area contributed by atoms with E-state index in [1.807, 2.05) is 19.1 Å². The van der Waals surface area contributed by atoms with Gasteiger partial charge in [0.1, 0.15) is 0 Å². The van der Waals surface area contributed by atoms with Gasteiger partial charge in [-0.05, 0) is 30.7 Å². The van der Waals surface area contributed by atoms with Crippen molar-refractivity contribution < 1.29 is 9.63 Å². The molecule has 0 saturated heterocycles. The molecule has 0 fully saturated rings. The van der Waals surface area contributed by atoms with Crippen LogP contribution in [0.15, 0.2) is 28.8 Å². The Bertz CT molecular complexity index is 482. The van der Waals surface area contributed by atoms with E-state index in [0.29, 0.717) is 29.6 Å². The molecule has 1 aromatic heterocycles. The number of benzene rings is 1. The maximum atomic E-state index is 9.48. The highest BCUT2D eigenvalue weighted by Crippen LogP contribution is 2.19. The lowest BCUT2D eigenvalue weighted by Crippen LogP contribution is -2.08. The Balaban J connectivity index is 2.15. The van der Waals surface area contributed by atoms with E-state index in [1.165, 1.54) is 0 Å². The minimum atomic E-state index is -0.437. The number of hydrogen-bond donors (Lipinski definition) is 1. The molecule has 4 nitrogen and oxygen atoms in total. The second-order valence-electron chi connectivity index (χ2n) is 3.78. The highest BCUT2D eigenvalue weighted by atomic mass is 35.5. The van der Waals surface area contributed by atoms with Gasteiger partial charge in [0.15, 0.2) is 0 Å². The van der Waals surface area contributed by atoms with Gasteiger partial charge in [-0.2, -0.15) is 4.98 Å². The van der Waals surface area contributed by atoms with Crippen molar-refractivity contribution in [2.24, 2.45) is 0 Å². The van der Waals surface area contributed by atoms with E-state index in [0.717, 1.165) is 5.56 Å². The lowest BCUT2D eigenvalue weighted by Gasteiger charge is -2.01. The summed E-state index contributed by atoms with van der Waals surface area (Å²) in [5.74, 6) is 0.962. The summed E-state index contributed by atoms with van der Waals surface area (Å²) in [5.41, 5.74) is 0.843. The van der Waals surface area contributed by atoms with Crippen molar-refractivity contribution in [1.29, 1.82) is 0 Å². The first-order valence-electron chi connectivity index (χ1n) is 5.45. The average molecular weight is 253 g/mol. The highest BCUT2D eigenvalue weighted by Gasteiger charge is 2.11. The Morgan fingerprint density at radius 3 is 2.71 bits per heavy atom. The van der Waals surface area contributed by atoms with Crippen molar-refractivity contribution in [3.63, 3.8) is 0 Å². The molecule has 2 aromatic rings. The predicted molar refractivity (Wildman–Crippen MR) is 64.7 cm³/mol. The second kappa shape index (κ2) is 5.29. The Hall–Kier alpha value is -1.39. The number of nitrogens with zero attached hydrogens (tertiary/aromatic N) is 2. The fourth-order valence-corrected chi connectivity index (χ4v) is 1.53. The monoisotopic (exact) mass is 252 g/mol. The van der Waals surface area contributed by atoms with Gasteiger partial charge in [0, 0.05) is 10.6 Å². The van der Waals surface area contributed by atoms with Crippen molar-refractivity contribution in [1.82, 2.24) is 10.1 Å². The lowest BCUT2D eigenvalue weighted by atomic mass is 10.2. The molecule has 0 amide bonds. The molecule has 1 atom stereocenters. The van der Waals surface area contributed by atoms with Gasteiger partial charge in [0.2, 0.25) is 11.7 Å². The molecule has 1 aromatic carbocycles. The zero-order valence-electron chi connectivity index (χ0n) is 9.43. The van der Waals surface area contributed by atoms with Crippen LogP contribution >= 0.6 is 11.6 Å². The largest absolute Gasteiger partial charge is 0.393 e. The molecule has 0 saturated carbocycles. The van der Waals surface area contributed by atoms with Crippen molar-refractivity contribution in [3.8, 4) is 11.4 Å². The third-order valence-corrected chi connectivity index (χ3v) is 2.70. The van der Waals surface area contributed by atoms with E-state index in [2.05, 4.69) is 10.1 Å². The summed E-state index contributed by atoms with van der Waals surface area (Å²) in [7, 11) is 0. The van der Waals surface area contributed by atoms with Gasteiger partial charge in [-0.25, -0.2) is 0 Å². The Morgan fingerprint density at radius 2 is 2.06 bits per heavy atom. The zero-order valence-corrected chi connectivity index (χ0v) is 10.2.